The van der Waals surface area contributed by atoms with Crippen LogP contribution >= 0.6 is 11.3 Å². The molecule has 1 aromatic rings. The molecule has 27 heavy (non-hydrogen) atoms. The largest absolute Gasteiger partial charge is 0.490 e. The number of carboxylic acid groups (broad SMARTS) is 1. The highest BCUT2D eigenvalue weighted by Crippen LogP contribution is 2.33. The van der Waals surface area contributed by atoms with Gasteiger partial charge in [0, 0.05) is 38.3 Å². The van der Waals surface area contributed by atoms with Gasteiger partial charge in [0.05, 0.1) is 12.6 Å². The molecular weight excluding hydrogens is 387 g/mol. The fourth-order valence-electron chi connectivity index (χ4n) is 3.19. The number of carbonyl (C=O) groups is 2. The fourth-order valence-corrected chi connectivity index (χ4v) is 3.83. The number of fused-ring (bicyclic) bond motifs is 1. The van der Waals surface area contributed by atoms with Crippen LogP contribution in [0.5, 0.6) is 0 Å². The molecule has 2 fully saturated rings. The molecule has 152 valence electrons. The molecule has 3 rings (SSSR count). The first-order valence-electron chi connectivity index (χ1n) is 8.38. The molecule has 3 heterocycles. The highest BCUT2D eigenvalue weighted by molar-refractivity contribution is 7.09. The van der Waals surface area contributed by atoms with Gasteiger partial charge in [-0.2, -0.15) is 13.2 Å². The zero-order valence-corrected chi connectivity index (χ0v) is 15.8. The summed E-state index contributed by atoms with van der Waals surface area (Å²) in [6.45, 7) is 1.95. The van der Waals surface area contributed by atoms with Crippen molar-refractivity contribution in [3.63, 3.8) is 0 Å². The monoisotopic (exact) mass is 409 g/mol. The zero-order chi connectivity index (χ0) is 20.2. The van der Waals surface area contributed by atoms with Crippen LogP contribution in [0.2, 0.25) is 0 Å². The van der Waals surface area contributed by atoms with Crippen molar-refractivity contribution < 1.29 is 32.6 Å². The maximum Gasteiger partial charge on any atom is 0.490 e. The van der Waals surface area contributed by atoms with E-state index in [0.29, 0.717) is 6.04 Å². The topological polar surface area (TPSA) is 83.0 Å². The molecule has 0 aliphatic carbocycles. The predicted octanol–water partition coefficient (Wildman–Crippen LogP) is 1.99. The van der Waals surface area contributed by atoms with Crippen molar-refractivity contribution in [2.45, 2.75) is 50.2 Å². The molecule has 11 heteroatoms. The second kappa shape index (κ2) is 8.98. The fraction of sp³-hybridized carbons (Fsp3) is 0.688. The van der Waals surface area contributed by atoms with Gasteiger partial charge in [-0.25, -0.2) is 9.78 Å². The maximum atomic E-state index is 12.0. The number of amides is 1. The number of thiazole rings is 1. The van der Waals surface area contributed by atoms with E-state index >= 15 is 0 Å². The smallest absolute Gasteiger partial charge is 0.475 e. The van der Waals surface area contributed by atoms with Gasteiger partial charge in [-0.3, -0.25) is 9.69 Å². The summed E-state index contributed by atoms with van der Waals surface area (Å²) in [7, 11) is 3.59. The first kappa shape index (κ1) is 21.6. The summed E-state index contributed by atoms with van der Waals surface area (Å²) in [6, 6.07) is 0.449. The lowest BCUT2D eigenvalue weighted by Crippen LogP contribution is -2.47. The third-order valence-corrected chi connectivity index (χ3v) is 5.21. The Morgan fingerprint density at radius 3 is 2.56 bits per heavy atom. The Kier molecular flexibility index (Phi) is 7.18. The number of aliphatic carboxylic acids is 1. The van der Waals surface area contributed by atoms with Crippen molar-refractivity contribution in [2.75, 3.05) is 20.6 Å². The predicted molar refractivity (Wildman–Crippen MR) is 91.2 cm³/mol. The molecule has 2 saturated heterocycles. The molecule has 0 radical (unpaired) electrons. The van der Waals surface area contributed by atoms with Crippen LogP contribution in [-0.4, -0.2) is 76.8 Å². The summed E-state index contributed by atoms with van der Waals surface area (Å²) in [5.74, 6) is -2.66. The summed E-state index contributed by atoms with van der Waals surface area (Å²) in [5, 5.41) is 10.3. The van der Waals surface area contributed by atoms with Crippen LogP contribution in [0.4, 0.5) is 13.2 Å². The van der Waals surface area contributed by atoms with Crippen LogP contribution in [0.1, 0.15) is 24.3 Å². The zero-order valence-electron chi connectivity index (χ0n) is 15.0. The minimum atomic E-state index is -5.08. The standard InChI is InChI=1S/C14H21N3O2S.C2HF3O2/c1-16(2)14(18)12-4-3-10-11(19-12)5-7-17(10)9-13-15-6-8-20-13;3-2(4,5)1(6)7/h6,8,10-12H,3-5,7,9H2,1-2H3;(H,6,7)/t10-,11-,12-;/m1./s1. The summed E-state index contributed by atoms with van der Waals surface area (Å²) in [4.78, 5) is 29.3. The van der Waals surface area contributed by atoms with E-state index in [-0.39, 0.29) is 18.1 Å². The van der Waals surface area contributed by atoms with Crippen molar-refractivity contribution in [1.29, 1.82) is 0 Å². The molecule has 1 N–H and O–H groups in total. The van der Waals surface area contributed by atoms with Gasteiger partial charge < -0.3 is 14.7 Å². The van der Waals surface area contributed by atoms with Gasteiger partial charge in [0.1, 0.15) is 11.1 Å². The molecule has 1 aromatic heterocycles. The molecule has 0 saturated carbocycles. The lowest BCUT2D eigenvalue weighted by molar-refractivity contribution is -0.192. The quantitative estimate of drug-likeness (QED) is 0.822. The van der Waals surface area contributed by atoms with Crippen LogP contribution in [0.3, 0.4) is 0 Å². The van der Waals surface area contributed by atoms with Gasteiger partial charge in [0.2, 0.25) is 0 Å². The number of likely N-dealkylation sites (N-methyl/N-ethyl adjacent to an activating group) is 1. The Morgan fingerprint density at radius 1 is 1.37 bits per heavy atom. The number of hydrogen-bond acceptors (Lipinski definition) is 6. The highest BCUT2D eigenvalue weighted by Gasteiger charge is 2.42. The van der Waals surface area contributed by atoms with Gasteiger partial charge in [0.25, 0.3) is 5.91 Å². The number of likely N-dealkylation sites (tertiary alicyclic amines) is 1. The number of nitrogens with zero attached hydrogens (tertiary/aromatic N) is 3. The third-order valence-electron chi connectivity index (χ3n) is 4.44. The van der Waals surface area contributed by atoms with E-state index in [4.69, 9.17) is 14.6 Å². The van der Waals surface area contributed by atoms with E-state index in [2.05, 4.69) is 9.88 Å². The van der Waals surface area contributed by atoms with Crippen LogP contribution in [0, 0.1) is 0 Å². The summed E-state index contributed by atoms with van der Waals surface area (Å²) >= 11 is 1.70. The summed E-state index contributed by atoms with van der Waals surface area (Å²) < 4.78 is 37.8. The molecule has 1 amide bonds. The minimum absolute atomic E-state index is 0.0989. The van der Waals surface area contributed by atoms with E-state index in [0.717, 1.165) is 37.4 Å². The lowest BCUT2D eigenvalue weighted by atomic mass is 9.98. The number of ether oxygens (including phenoxy) is 1. The van der Waals surface area contributed by atoms with Gasteiger partial charge in [-0.1, -0.05) is 0 Å². The first-order chi connectivity index (χ1) is 12.6. The summed E-state index contributed by atoms with van der Waals surface area (Å²) in [6.07, 6.45) is -0.375. The SMILES string of the molecule is CN(C)C(=O)[C@H]1CC[C@@H]2[C@@H](CCN2Cc2nccs2)O1.O=C(O)C(F)(F)F. The number of aromatic nitrogens is 1. The van der Waals surface area contributed by atoms with Crippen LogP contribution < -0.4 is 0 Å². The van der Waals surface area contributed by atoms with Crippen LogP contribution in [-0.2, 0) is 20.9 Å². The minimum Gasteiger partial charge on any atom is -0.475 e. The number of alkyl halides is 3. The Hall–Kier alpha value is -1.72. The van der Waals surface area contributed by atoms with E-state index in [1.807, 2.05) is 11.6 Å². The van der Waals surface area contributed by atoms with Gasteiger partial charge in [-0.05, 0) is 19.3 Å². The van der Waals surface area contributed by atoms with Crippen LogP contribution in [0.25, 0.3) is 0 Å². The second-order valence-corrected chi connectivity index (χ2v) is 7.51. The molecule has 3 atom stereocenters. The average Bonchev–Trinajstić information content (AvgIpc) is 3.24. The maximum absolute atomic E-state index is 12.0. The van der Waals surface area contributed by atoms with Crippen molar-refractivity contribution in [3.8, 4) is 0 Å². The lowest BCUT2D eigenvalue weighted by Gasteiger charge is -2.36. The molecule has 2 aliphatic rings. The Bertz CT molecular complexity index is 639. The Balaban J connectivity index is 0.000000321. The molecule has 0 unspecified atom stereocenters. The molecule has 0 aromatic carbocycles. The molecule has 0 bridgehead atoms. The summed E-state index contributed by atoms with van der Waals surface area (Å²) in [5.41, 5.74) is 0. The molecule has 2 aliphatic heterocycles. The van der Waals surface area contributed by atoms with Gasteiger partial charge >= 0.3 is 12.1 Å². The Morgan fingerprint density at radius 2 is 2.04 bits per heavy atom. The van der Waals surface area contributed by atoms with Crippen molar-refractivity contribution in [1.82, 2.24) is 14.8 Å². The Labute approximate surface area is 158 Å². The number of halogens is 3. The van der Waals surface area contributed by atoms with E-state index in [1.54, 1.807) is 30.3 Å². The van der Waals surface area contributed by atoms with Crippen LogP contribution in [0.15, 0.2) is 11.6 Å². The normalized spacial score (nSPS) is 25.3. The van der Waals surface area contributed by atoms with Crippen molar-refractivity contribution >= 4 is 23.2 Å². The molecule has 0 spiro atoms. The third kappa shape index (κ3) is 5.88. The number of hydrogen-bond donors (Lipinski definition) is 1. The van der Waals surface area contributed by atoms with E-state index in [9.17, 15) is 18.0 Å². The highest BCUT2D eigenvalue weighted by atomic mass is 32.1. The number of carbonyl (C=O) groups excluding carboxylic acids is 1. The van der Waals surface area contributed by atoms with Crippen molar-refractivity contribution in [3.05, 3.63) is 16.6 Å². The van der Waals surface area contributed by atoms with E-state index < -0.39 is 12.1 Å². The van der Waals surface area contributed by atoms with Gasteiger partial charge in [0.15, 0.2) is 0 Å². The van der Waals surface area contributed by atoms with Crippen molar-refractivity contribution in [2.24, 2.45) is 0 Å². The molecule has 7 nitrogen and oxygen atoms in total. The van der Waals surface area contributed by atoms with Gasteiger partial charge in [-0.15, -0.1) is 11.3 Å². The molecular formula is C16H22F3N3O4S. The average molecular weight is 409 g/mol. The second-order valence-electron chi connectivity index (χ2n) is 6.53. The first-order valence-corrected chi connectivity index (χ1v) is 9.26. The number of rotatable bonds is 3. The number of carboxylic acids is 1. The van der Waals surface area contributed by atoms with E-state index in [1.165, 1.54) is 0 Å².